The van der Waals surface area contributed by atoms with Crippen molar-refractivity contribution in [3.63, 3.8) is 0 Å². The molecular weight excluding hydrogens is 286 g/mol. The molecule has 0 fully saturated rings. The summed E-state index contributed by atoms with van der Waals surface area (Å²) in [7, 11) is 0. The minimum Gasteiger partial charge on any atom is -0.480 e. The van der Waals surface area contributed by atoms with Crippen molar-refractivity contribution in [2.45, 2.75) is 19.9 Å². The van der Waals surface area contributed by atoms with E-state index in [1.54, 1.807) is 13.8 Å². The minimum absolute atomic E-state index is 0.0513. The van der Waals surface area contributed by atoms with Gasteiger partial charge in [-0.3, -0.25) is 9.59 Å². The molecule has 20 heavy (non-hydrogen) atoms. The number of hydrogen-bond acceptors (Lipinski definition) is 4. The second-order valence-corrected chi connectivity index (χ2v) is 5.02. The largest absolute Gasteiger partial charge is 0.480 e. The number of benzene rings is 1. The first-order valence-corrected chi connectivity index (χ1v) is 6.40. The zero-order chi connectivity index (χ0) is 14.9. The maximum absolute atomic E-state index is 12.4. The van der Waals surface area contributed by atoms with Gasteiger partial charge in [0.05, 0.1) is 5.02 Å². The highest BCUT2D eigenvalue weighted by molar-refractivity contribution is 6.32. The fraction of sp³-hybridized carbons (Fsp3) is 0.385. The van der Waals surface area contributed by atoms with E-state index in [0.29, 0.717) is 11.5 Å². The maximum Gasteiger partial charge on any atom is 0.323 e. The van der Waals surface area contributed by atoms with E-state index in [4.69, 9.17) is 26.2 Å². The molecular formula is C13H14ClNO5. The van der Waals surface area contributed by atoms with Gasteiger partial charge in [-0.1, -0.05) is 11.6 Å². The molecule has 1 amide bonds. The quantitative estimate of drug-likeness (QED) is 0.920. The average molecular weight is 300 g/mol. The lowest BCUT2D eigenvalue weighted by Crippen LogP contribution is -2.40. The third kappa shape index (κ3) is 2.80. The molecule has 0 bridgehead atoms. The molecule has 0 saturated carbocycles. The van der Waals surface area contributed by atoms with Crippen LogP contribution in [0.15, 0.2) is 12.1 Å². The van der Waals surface area contributed by atoms with Crippen LogP contribution >= 0.6 is 11.6 Å². The minimum atomic E-state index is -1.07. The van der Waals surface area contributed by atoms with Crippen LogP contribution in [0.25, 0.3) is 0 Å². The van der Waals surface area contributed by atoms with Crippen LogP contribution < -0.4 is 9.47 Å². The van der Waals surface area contributed by atoms with E-state index in [1.807, 2.05) is 0 Å². The Morgan fingerprint density at radius 3 is 2.70 bits per heavy atom. The lowest BCUT2D eigenvalue weighted by molar-refractivity contribution is -0.138. The van der Waals surface area contributed by atoms with E-state index in [9.17, 15) is 9.59 Å². The standard InChI is InChI=1S/C13H14ClNO5/c1-7(2)15(5-11(16)17)13(18)8-3-9(14)12-10(4-8)19-6-20-12/h3-4,7H,5-6H2,1-2H3,(H,16,17). The molecule has 7 heteroatoms. The third-order valence-corrected chi connectivity index (χ3v) is 3.14. The molecule has 1 aromatic rings. The fourth-order valence-electron chi connectivity index (χ4n) is 1.89. The SMILES string of the molecule is CC(C)N(CC(=O)O)C(=O)c1cc(Cl)c2c(c1)OCO2. The molecule has 2 rings (SSSR count). The zero-order valence-corrected chi connectivity index (χ0v) is 11.8. The zero-order valence-electron chi connectivity index (χ0n) is 11.1. The van der Waals surface area contributed by atoms with E-state index in [0.717, 1.165) is 0 Å². The summed E-state index contributed by atoms with van der Waals surface area (Å²) >= 11 is 6.02. The van der Waals surface area contributed by atoms with Crippen molar-refractivity contribution in [3.8, 4) is 11.5 Å². The van der Waals surface area contributed by atoms with Crippen molar-refractivity contribution in [3.05, 3.63) is 22.7 Å². The third-order valence-electron chi connectivity index (χ3n) is 2.86. The Labute approximate surface area is 120 Å². The molecule has 1 heterocycles. The summed E-state index contributed by atoms with van der Waals surface area (Å²) < 4.78 is 10.4. The molecule has 1 aliphatic rings. The number of amides is 1. The highest BCUT2D eigenvalue weighted by Crippen LogP contribution is 2.40. The lowest BCUT2D eigenvalue weighted by atomic mass is 10.1. The highest BCUT2D eigenvalue weighted by atomic mass is 35.5. The number of carbonyl (C=O) groups excluding carboxylic acids is 1. The first kappa shape index (κ1) is 14.5. The van der Waals surface area contributed by atoms with Crippen LogP contribution in [0.4, 0.5) is 0 Å². The smallest absolute Gasteiger partial charge is 0.323 e. The van der Waals surface area contributed by atoms with Crippen LogP contribution in [0, 0.1) is 0 Å². The highest BCUT2D eigenvalue weighted by Gasteiger charge is 2.25. The Balaban J connectivity index is 2.32. The van der Waals surface area contributed by atoms with Crippen LogP contribution in [-0.4, -0.2) is 41.3 Å². The number of halogens is 1. The summed E-state index contributed by atoms with van der Waals surface area (Å²) in [5.41, 5.74) is 0.272. The van der Waals surface area contributed by atoms with Gasteiger partial charge < -0.3 is 19.5 Å². The average Bonchev–Trinajstić information content (AvgIpc) is 2.83. The number of hydrogen-bond donors (Lipinski definition) is 1. The van der Waals surface area contributed by atoms with E-state index < -0.39 is 11.9 Å². The molecule has 0 saturated heterocycles. The van der Waals surface area contributed by atoms with Crippen LogP contribution in [0.1, 0.15) is 24.2 Å². The Bertz CT molecular complexity index is 558. The van der Waals surface area contributed by atoms with Gasteiger partial charge in [0.15, 0.2) is 11.5 Å². The summed E-state index contributed by atoms with van der Waals surface area (Å²) in [4.78, 5) is 24.5. The first-order chi connectivity index (χ1) is 9.40. The fourth-order valence-corrected chi connectivity index (χ4v) is 2.16. The second kappa shape index (κ2) is 5.58. The summed E-state index contributed by atoms with van der Waals surface area (Å²) in [6, 6.07) is 2.71. The number of fused-ring (bicyclic) bond motifs is 1. The van der Waals surface area contributed by atoms with E-state index >= 15 is 0 Å². The molecule has 0 radical (unpaired) electrons. The van der Waals surface area contributed by atoms with Gasteiger partial charge in [-0.25, -0.2) is 0 Å². The Morgan fingerprint density at radius 1 is 1.40 bits per heavy atom. The molecule has 0 unspecified atom stereocenters. The molecule has 6 nitrogen and oxygen atoms in total. The van der Waals surface area contributed by atoms with Crippen molar-refractivity contribution >= 4 is 23.5 Å². The molecule has 1 N–H and O–H groups in total. The number of rotatable bonds is 4. The summed E-state index contributed by atoms with van der Waals surface area (Å²) in [6.07, 6.45) is 0. The monoisotopic (exact) mass is 299 g/mol. The van der Waals surface area contributed by atoms with Crippen molar-refractivity contribution in [2.75, 3.05) is 13.3 Å². The van der Waals surface area contributed by atoms with Crippen LogP contribution in [0.3, 0.4) is 0 Å². The van der Waals surface area contributed by atoms with Gasteiger partial charge in [0.25, 0.3) is 5.91 Å². The number of carboxylic acids is 1. The molecule has 0 spiro atoms. The lowest BCUT2D eigenvalue weighted by Gasteiger charge is -2.25. The van der Waals surface area contributed by atoms with Gasteiger partial charge in [0.2, 0.25) is 6.79 Å². The Kier molecular flexibility index (Phi) is 4.04. The normalized spacial score (nSPS) is 12.6. The molecule has 0 atom stereocenters. The van der Waals surface area contributed by atoms with E-state index in [1.165, 1.54) is 17.0 Å². The maximum atomic E-state index is 12.4. The number of nitrogens with zero attached hydrogens (tertiary/aromatic N) is 1. The first-order valence-electron chi connectivity index (χ1n) is 6.02. The van der Waals surface area contributed by atoms with Crippen LogP contribution in [-0.2, 0) is 4.79 Å². The van der Waals surface area contributed by atoms with Gasteiger partial charge in [-0.15, -0.1) is 0 Å². The summed E-state index contributed by atoms with van der Waals surface area (Å²) in [5.74, 6) is -0.695. The predicted octanol–water partition coefficient (Wildman–Crippen LogP) is 2.00. The number of aliphatic carboxylic acids is 1. The van der Waals surface area contributed by atoms with Crippen LogP contribution in [0.2, 0.25) is 5.02 Å². The van der Waals surface area contributed by atoms with Crippen molar-refractivity contribution in [1.29, 1.82) is 0 Å². The van der Waals surface area contributed by atoms with Gasteiger partial charge in [-0.2, -0.15) is 0 Å². The number of carbonyl (C=O) groups is 2. The van der Waals surface area contributed by atoms with E-state index in [2.05, 4.69) is 0 Å². The summed E-state index contributed by atoms with van der Waals surface area (Å²) in [5, 5.41) is 9.14. The molecule has 0 aromatic heterocycles. The molecule has 1 aromatic carbocycles. The van der Waals surface area contributed by atoms with Crippen molar-refractivity contribution in [2.24, 2.45) is 0 Å². The molecule has 1 aliphatic heterocycles. The van der Waals surface area contributed by atoms with Gasteiger partial charge >= 0.3 is 5.97 Å². The van der Waals surface area contributed by atoms with Crippen LogP contribution in [0.5, 0.6) is 11.5 Å². The van der Waals surface area contributed by atoms with E-state index in [-0.39, 0.29) is 30.0 Å². The van der Waals surface area contributed by atoms with Crippen molar-refractivity contribution < 1.29 is 24.2 Å². The van der Waals surface area contributed by atoms with Crippen molar-refractivity contribution in [1.82, 2.24) is 4.90 Å². The molecule has 0 aliphatic carbocycles. The Morgan fingerprint density at radius 2 is 2.10 bits per heavy atom. The topological polar surface area (TPSA) is 76.1 Å². The number of carboxylic acid groups (broad SMARTS) is 1. The van der Waals surface area contributed by atoms with Gasteiger partial charge in [0, 0.05) is 11.6 Å². The Hall–Kier alpha value is -1.95. The number of ether oxygens (including phenoxy) is 2. The summed E-state index contributed by atoms with van der Waals surface area (Å²) in [6.45, 7) is 3.17. The van der Waals surface area contributed by atoms with Gasteiger partial charge in [-0.05, 0) is 26.0 Å². The van der Waals surface area contributed by atoms with Gasteiger partial charge in [0.1, 0.15) is 6.54 Å². The predicted molar refractivity (Wildman–Crippen MR) is 71.4 cm³/mol. The molecule has 108 valence electrons. The second-order valence-electron chi connectivity index (χ2n) is 4.61.